The summed E-state index contributed by atoms with van der Waals surface area (Å²) >= 11 is 0. The average molecular weight is 748 g/mol. The van der Waals surface area contributed by atoms with Gasteiger partial charge in [-0.1, -0.05) is 42.4 Å². The Morgan fingerprint density at radius 2 is 1.89 bits per heavy atom. The number of anilines is 2. The molecule has 4 saturated heterocycles. The maximum Gasteiger partial charge on any atom is 0.412 e. The van der Waals surface area contributed by atoms with Crippen LogP contribution in [0.2, 0.25) is 0 Å². The summed E-state index contributed by atoms with van der Waals surface area (Å²) in [5.74, 6) is 1.67. The molecule has 4 atom stereocenters. The molecule has 0 aliphatic carbocycles. The molecule has 0 spiro atoms. The first-order valence-electron chi connectivity index (χ1n) is 18.8. The molecule has 55 heavy (non-hydrogen) atoms. The number of nitrogens with zero attached hydrogens (tertiary/aromatic N) is 5. The van der Waals surface area contributed by atoms with Crippen LogP contribution in [-0.2, 0) is 4.74 Å². The fraction of sp³-hybridized carbons (Fsp3) is 0.429. The smallest absolute Gasteiger partial charge is 0.412 e. The molecule has 2 bridgehead atoms. The molecule has 2 aromatic heterocycles. The van der Waals surface area contributed by atoms with Gasteiger partial charge in [0.25, 0.3) is 0 Å². The van der Waals surface area contributed by atoms with Crippen LogP contribution in [0, 0.1) is 24.0 Å². The van der Waals surface area contributed by atoms with E-state index >= 15 is 8.78 Å². The Labute approximate surface area is 318 Å². The number of carbonyl (C=O) groups is 1. The molecule has 11 nitrogen and oxygen atoms in total. The molecule has 2 aromatic carbocycles. The van der Waals surface area contributed by atoms with Crippen LogP contribution < -0.4 is 25.0 Å². The van der Waals surface area contributed by atoms with Crippen molar-refractivity contribution < 1.29 is 27.8 Å². The molecular formula is C42H43F2N7O4. The molecule has 0 saturated carbocycles. The number of piperazine rings is 1. The lowest BCUT2D eigenvalue weighted by Crippen LogP contribution is -2.62. The van der Waals surface area contributed by atoms with E-state index in [9.17, 15) is 4.79 Å². The second kappa shape index (κ2) is 12.6. The Kier molecular flexibility index (Phi) is 8.11. The summed E-state index contributed by atoms with van der Waals surface area (Å²) in [7, 11) is 0. The van der Waals surface area contributed by atoms with Crippen molar-refractivity contribution >= 4 is 39.3 Å². The molecule has 13 heteroatoms. The largest absolute Gasteiger partial charge is 0.472 e. The number of ether oxygens (including phenoxy) is 3. The first kappa shape index (κ1) is 35.4. The van der Waals surface area contributed by atoms with Gasteiger partial charge in [0.05, 0.1) is 17.3 Å². The predicted octanol–water partition coefficient (Wildman–Crippen LogP) is 6.88. The molecule has 7 heterocycles. The number of aromatic nitrogens is 3. The number of pyridine rings is 1. The van der Waals surface area contributed by atoms with Crippen molar-refractivity contribution in [3.05, 3.63) is 65.8 Å². The number of amides is 1. The third kappa shape index (κ3) is 5.85. The molecule has 2 N–H and O–H groups in total. The van der Waals surface area contributed by atoms with E-state index in [-0.39, 0.29) is 81.5 Å². The Balaban J connectivity index is 1.25. The number of halogens is 2. The lowest BCUT2D eigenvalue weighted by molar-refractivity contribution is 0.0635. The van der Waals surface area contributed by atoms with E-state index in [4.69, 9.17) is 35.6 Å². The summed E-state index contributed by atoms with van der Waals surface area (Å²) in [6.45, 7) is 18.0. The van der Waals surface area contributed by atoms with Gasteiger partial charge in [0, 0.05) is 53.6 Å². The topological polar surface area (TPSA) is 114 Å². The molecule has 0 unspecified atom stereocenters. The Hall–Kier alpha value is -5.32. The van der Waals surface area contributed by atoms with Gasteiger partial charge in [0.15, 0.2) is 11.6 Å². The van der Waals surface area contributed by atoms with Crippen LogP contribution in [0.3, 0.4) is 0 Å². The number of fused-ring (bicyclic) bond motifs is 7. The van der Waals surface area contributed by atoms with E-state index in [2.05, 4.69) is 39.5 Å². The molecule has 0 radical (unpaired) electrons. The summed E-state index contributed by atoms with van der Waals surface area (Å²) in [5, 5.41) is 6.86. The van der Waals surface area contributed by atoms with E-state index in [0.29, 0.717) is 23.3 Å². The Morgan fingerprint density at radius 3 is 2.62 bits per heavy atom. The highest BCUT2D eigenvalue weighted by atomic mass is 19.1. The minimum absolute atomic E-state index is 0.0218. The van der Waals surface area contributed by atoms with Crippen LogP contribution in [0.1, 0.15) is 58.9 Å². The van der Waals surface area contributed by atoms with Crippen molar-refractivity contribution in [1.82, 2.24) is 25.2 Å². The van der Waals surface area contributed by atoms with Crippen molar-refractivity contribution in [2.45, 2.75) is 88.7 Å². The third-order valence-corrected chi connectivity index (χ3v) is 11.5. The summed E-state index contributed by atoms with van der Waals surface area (Å²) in [4.78, 5) is 32.0. The highest BCUT2D eigenvalue weighted by molar-refractivity contribution is 6.06. The van der Waals surface area contributed by atoms with E-state index in [1.54, 1.807) is 32.9 Å². The van der Waals surface area contributed by atoms with Gasteiger partial charge in [-0.25, -0.2) is 18.6 Å². The number of nitrogens with one attached hydrogen (secondary N) is 2. The Morgan fingerprint density at radius 1 is 1.13 bits per heavy atom. The van der Waals surface area contributed by atoms with Gasteiger partial charge in [-0.05, 0) is 65.5 Å². The quantitative estimate of drug-likeness (QED) is 0.166. The van der Waals surface area contributed by atoms with Crippen molar-refractivity contribution in [2.24, 2.45) is 0 Å². The zero-order valence-electron chi connectivity index (χ0n) is 31.4. The van der Waals surface area contributed by atoms with Gasteiger partial charge in [0.1, 0.15) is 40.7 Å². The van der Waals surface area contributed by atoms with E-state index in [1.165, 1.54) is 12.1 Å². The summed E-state index contributed by atoms with van der Waals surface area (Å²) in [6, 6.07) is 6.32. The SMILES string of the molecule is C#Cc1cccc2c(F)c(NC(=O)OC(C)(C)C)cc(-c3nc4c5c(nc(OCC67CC(=C)CN6CC(=C)C7)nc5c3F)N3C[C@H]5CC[C@H](N5)[C@H]3[C@H](C)O4)c12. The van der Waals surface area contributed by atoms with Gasteiger partial charge in [-0.2, -0.15) is 9.97 Å². The van der Waals surface area contributed by atoms with Crippen LogP contribution in [0.5, 0.6) is 11.9 Å². The van der Waals surface area contributed by atoms with Gasteiger partial charge in [0.2, 0.25) is 5.88 Å². The molecule has 4 aromatic rings. The van der Waals surface area contributed by atoms with Crippen LogP contribution >= 0.6 is 0 Å². The number of terminal acetylenes is 1. The average Bonchev–Trinajstić information content (AvgIpc) is 3.72. The fourth-order valence-corrected chi connectivity index (χ4v) is 9.45. The van der Waals surface area contributed by atoms with Crippen LogP contribution in [0.25, 0.3) is 32.9 Å². The maximum atomic E-state index is 17.6. The first-order valence-corrected chi connectivity index (χ1v) is 18.8. The summed E-state index contributed by atoms with van der Waals surface area (Å²) < 4.78 is 52.5. The summed E-state index contributed by atoms with van der Waals surface area (Å²) in [5.41, 5.74) is 1.02. The standard InChI is InChI=1S/C42H43F2N7O4/c1-8-24-10-9-11-26-30(24)27(14-29(32(26)43)46-40(52)55-41(5,6)7)34-33(44)35-31-37(51-19-25-12-13-28(45-25)36(51)23(4)54-38(31)47-34)49-39(48-35)53-20-42-15-21(2)17-50(42)18-22(3)16-42/h1,9-11,14,23,25,28,36,45H,2-3,12-13,15-20H2,4-7H3,(H,46,52)/t23-,25+,28-,36+/m0/s1. The van der Waals surface area contributed by atoms with E-state index in [1.807, 2.05) is 6.92 Å². The zero-order chi connectivity index (χ0) is 38.6. The van der Waals surface area contributed by atoms with Crippen LogP contribution in [-0.4, -0.2) is 87.6 Å². The number of hydrogen-bond acceptors (Lipinski definition) is 10. The molecule has 1 amide bonds. The third-order valence-electron chi connectivity index (χ3n) is 11.5. The van der Waals surface area contributed by atoms with E-state index < -0.39 is 23.3 Å². The first-order chi connectivity index (χ1) is 26.2. The lowest BCUT2D eigenvalue weighted by Gasteiger charge is -2.42. The summed E-state index contributed by atoms with van der Waals surface area (Å²) in [6.07, 6.45) is 8.14. The van der Waals surface area contributed by atoms with Gasteiger partial charge in [-0.3, -0.25) is 10.2 Å². The fourth-order valence-electron chi connectivity index (χ4n) is 9.45. The Bertz CT molecular complexity index is 2370. The molecule has 5 aliphatic rings. The van der Waals surface area contributed by atoms with Crippen LogP contribution in [0.4, 0.5) is 25.1 Å². The maximum absolute atomic E-state index is 17.6. The van der Waals surface area contributed by atoms with Gasteiger partial charge >= 0.3 is 12.1 Å². The minimum Gasteiger partial charge on any atom is -0.472 e. The number of benzene rings is 2. The van der Waals surface area contributed by atoms with E-state index in [0.717, 1.165) is 49.9 Å². The van der Waals surface area contributed by atoms with Crippen molar-refractivity contribution in [3.63, 3.8) is 0 Å². The second-order valence-corrected chi connectivity index (χ2v) is 16.7. The second-order valence-electron chi connectivity index (χ2n) is 16.7. The monoisotopic (exact) mass is 747 g/mol. The van der Waals surface area contributed by atoms with Crippen molar-refractivity contribution in [2.75, 3.05) is 36.5 Å². The minimum atomic E-state index is -0.881. The molecule has 284 valence electrons. The molecular weight excluding hydrogens is 705 g/mol. The zero-order valence-corrected chi connectivity index (χ0v) is 31.4. The molecule has 5 aliphatic heterocycles. The van der Waals surface area contributed by atoms with Gasteiger partial charge in [-0.15, -0.1) is 6.42 Å². The lowest BCUT2D eigenvalue weighted by atomic mass is 9.92. The van der Waals surface area contributed by atoms with Gasteiger partial charge < -0.3 is 24.4 Å². The van der Waals surface area contributed by atoms with Crippen molar-refractivity contribution in [3.8, 4) is 35.5 Å². The molecule has 9 rings (SSSR count). The van der Waals surface area contributed by atoms with Crippen LogP contribution in [0.15, 0.2) is 48.6 Å². The highest BCUT2D eigenvalue weighted by Gasteiger charge is 2.49. The number of carbonyl (C=O) groups excluding carboxylic acids is 1. The molecule has 4 fully saturated rings. The number of hydrogen-bond donors (Lipinski definition) is 2. The number of rotatable bonds is 5. The predicted molar refractivity (Wildman–Crippen MR) is 206 cm³/mol. The van der Waals surface area contributed by atoms with Crippen molar-refractivity contribution in [1.29, 1.82) is 0 Å². The highest BCUT2D eigenvalue weighted by Crippen LogP contribution is 2.47. The normalized spacial score (nSPS) is 24.0.